The lowest BCUT2D eigenvalue weighted by atomic mass is 10.0. The maximum Gasteiger partial charge on any atom is 0.268 e. The van der Waals surface area contributed by atoms with Crippen LogP contribution in [0.3, 0.4) is 0 Å². The van der Waals surface area contributed by atoms with Crippen LogP contribution in [0.15, 0.2) is 17.1 Å². The Hall–Kier alpha value is -1.85. The molecule has 3 aliphatic rings. The van der Waals surface area contributed by atoms with Crippen LogP contribution < -0.4 is 15.8 Å². The van der Waals surface area contributed by atoms with Crippen LogP contribution in [-0.2, 0) is 11.3 Å². The molecule has 1 N–H and O–H groups in total. The minimum Gasteiger partial charge on any atom is -0.370 e. The summed E-state index contributed by atoms with van der Waals surface area (Å²) < 4.78 is 1.59. The molecule has 6 heteroatoms. The molecule has 1 aromatic heterocycles. The smallest absolute Gasteiger partial charge is 0.268 e. The molecule has 2 saturated carbocycles. The first-order chi connectivity index (χ1) is 12.7. The highest BCUT2D eigenvalue weighted by Gasteiger charge is 2.25. The van der Waals surface area contributed by atoms with Crippen molar-refractivity contribution >= 4 is 11.6 Å². The maximum atomic E-state index is 12.2. The van der Waals surface area contributed by atoms with E-state index in [0.29, 0.717) is 18.3 Å². The van der Waals surface area contributed by atoms with E-state index in [4.69, 9.17) is 0 Å². The molecule has 1 aromatic rings. The summed E-state index contributed by atoms with van der Waals surface area (Å²) in [4.78, 5) is 26.7. The van der Waals surface area contributed by atoms with Crippen LogP contribution >= 0.6 is 0 Å². The number of hydrogen-bond donors (Lipinski definition) is 1. The van der Waals surface area contributed by atoms with Gasteiger partial charge in [0.1, 0.15) is 0 Å². The molecule has 26 heavy (non-hydrogen) atoms. The Morgan fingerprint density at radius 2 is 1.81 bits per heavy atom. The van der Waals surface area contributed by atoms with Crippen molar-refractivity contribution in [1.82, 2.24) is 15.1 Å². The Kier molecular flexibility index (Phi) is 5.27. The van der Waals surface area contributed by atoms with Crippen LogP contribution in [0.5, 0.6) is 0 Å². The summed E-state index contributed by atoms with van der Waals surface area (Å²) in [6.07, 6.45) is 11.8. The minimum atomic E-state index is 0.00129. The van der Waals surface area contributed by atoms with Gasteiger partial charge in [-0.25, -0.2) is 4.68 Å². The summed E-state index contributed by atoms with van der Waals surface area (Å²) >= 11 is 0. The molecule has 0 unspecified atom stereocenters. The van der Waals surface area contributed by atoms with Crippen molar-refractivity contribution in [2.75, 3.05) is 18.0 Å². The molecule has 1 saturated heterocycles. The second-order valence-electron chi connectivity index (χ2n) is 8.36. The van der Waals surface area contributed by atoms with Crippen molar-refractivity contribution in [2.45, 2.75) is 70.4 Å². The maximum absolute atomic E-state index is 12.2. The van der Waals surface area contributed by atoms with Crippen LogP contribution in [0.4, 0.5) is 5.69 Å². The molecule has 0 spiro atoms. The molecular weight excluding hydrogens is 328 g/mol. The van der Waals surface area contributed by atoms with E-state index >= 15 is 0 Å². The van der Waals surface area contributed by atoms with Crippen LogP contribution in [0.25, 0.3) is 0 Å². The number of carbonyl (C=O) groups excluding carboxylic acids is 1. The Morgan fingerprint density at radius 3 is 2.46 bits per heavy atom. The van der Waals surface area contributed by atoms with Gasteiger partial charge >= 0.3 is 0 Å². The van der Waals surface area contributed by atoms with E-state index < -0.39 is 0 Å². The van der Waals surface area contributed by atoms with Gasteiger partial charge in [0.15, 0.2) is 0 Å². The summed E-state index contributed by atoms with van der Waals surface area (Å²) in [5, 5.41) is 7.57. The monoisotopic (exact) mass is 358 g/mol. The van der Waals surface area contributed by atoms with Gasteiger partial charge in [-0.3, -0.25) is 9.59 Å². The number of hydrogen-bond acceptors (Lipinski definition) is 4. The molecule has 142 valence electrons. The van der Waals surface area contributed by atoms with Gasteiger partial charge in [-0.1, -0.05) is 12.8 Å². The van der Waals surface area contributed by atoms with Crippen molar-refractivity contribution < 1.29 is 4.79 Å². The van der Waals surface area contributed by atoms with Crippen LogP contribution in [0, 0.1) is 11.8 Å². The second-order valence-corrected chi connectivity index (χ2v) is 8.36. The summed E-state index contributed by atoms with van der Waals surface area (Å²) in [5.41, 5.74) is 0.916. The SMILES string of the molecule is O=C(CC1CCCC1)NC1CCN(c2cnn(CC3CC3)c(=O)c2)CC1. The second kappa shape index (κ2) is 7.80. The Labute approximate surface area is 155 Å². The summed E-state index contributed by atoms with van der Waals surface area (Å²) in [6, 6.07) is 1.98. The van der Waals surface area contributed by atoms with E-state index in [-0.39, 0.29) is 17.5 Å². The van der Waals surface area contributed by atoms with Gasteiger partial charge in [-0.05, 0) is 50.4 Å². The predicted molar refractivity (Wildman–Crippen MR) is 101 cm³/mol. The number of nitrogens with one attached hydrogen (secondary N) is 1. The van der Waals surface area contributed by atoms with Crippen molar-refractivity contribution in [3.8, 4) is 0 Å². The highest BCUT2D eigenvalue weighted by molar-refractivity contribution is 5.76. The van der Waals surface area contributed by atoms with E-state index in [1.807, 2.05) is 6.20 Å². The Balaban J connectivity index is 1.25. The fourth-order valence-corrected chi connectivity index (χ4v) is 4.32. The zero-order valence-electron chi connectivity index (χ0n) is 15.5. The number of piperidine rings is 1. The zero-order chi connectivity index (χ0) is 17.9. The molecule has 1 aliphatic heterocycles. The molecule has 0 radical (unpaired) electrons. The van der Waals surface area contributed by atoms with Crippen molar-refractivity contribution in [2.24, 2.45) is 11.8 Å². The first-order valence-electron chi connectivity index (χ1n) is 10.3. The molecule has 4 rings (SSSR count). The number of amides is 1. The van der Waals surface area contributed by atoms with Crippen LogP contribution in [0.1, 0.15) is 57.8 Å². The zero-order valence-corrected chi connectivity index (χ0v) is 15.5. The third kappa shape index (κ3) is 4.46. The number of anilines is 1. The minimum absolute atomic E-state index is 0.00129. The average molecular weight is 358 g/mol. The third-order valence-corrected chi connectivity index (χ3v) is 6.16. The molecule has 0 bridgehead atoms. The first kappa shape index (κ1) is 17.6. The van der Waals surface area contributed by atoms with Gasteiger partial charge in [-0.15, -0.1) is 0 Å². The van der Waals surface area contributed by atoms with E-state index in [2.05, 4.69) is 15.3 Å². The normalized spacial score (nSPS) is 21.9. The largest absolute Gasteiger partial charge is 0.370 e. The number of carbonyl (C=O) groups is 1. The van der Waals surface area contributed by atoms with Crippen LogP contribution in [0.2, 0.25) is 0 Å². The van der Waals surface area contributed by atoms with Gasteiger partial charge < -0.3 is 10.2 Å². The van der Waals surface area contributed by atoms with Gasteiger partial charge in [0.2, 0.25) is 5.91 Å². The van der Waals surface area contributed by atoms with Gasteiger partial charge in [0.05, 0.1) is 11.9 Å². The van der Waals surface area contributed by atoms with E-state index in [1.54, 1.807) is 10.7 Å². The van der Waals surface area contributed by atoms with Crippen molar-refractivity contribution in [3.63, 3.8) is 0 Å². The summed E-state index contributed by atoms with van der Waals surface area (Å²) in [7, 11) is 0. The molecule has 2 aliphatic carbocycles. The lowest BCUT2D eigenvalue weighted by Crippen LogP contribution is -2.45. The molecule has 0 aromatic carbocycles. The van der Waals surface area contributed by atoms with E-state index in [9.17, 15) is 9.59 Å². The molecule has 0 atom stereocenters. The molecule has 1 amide bonds. The lowest BCUT2D eigenvalue weighted by Gasteiger charge is -2.33. The van der Waals surface area contributed by atoms with Gasteiger partial charge in [-0.2, -0.15) is 5.10 Å². The quantitative estimate of drug-likeness (QED) is 0.847. The Bertz CT molecular complexity index is 683. The van der Waals surface area contributed by atoms with Crippen molar-refractivity contribution in [1.29, 1.82) is 0 Å². The highest BCUT2D eigenvalue weighted by Crippen LogP contribution is 2.30. The lowest BCUT2D eigenvalue weighted by molar-refractivity contribution is -0.122. The predicted octanol–water partition coefficient (Wildman–Crippen LogP) is 2.32. The first-order valence-corrected chi connectivity index (χ1v) is 10.3. The highest BCUT2D eigenvalue weighted by atomic mass is 16.1. The average Bonchev–Trinajstić information content (AvgIpc) is 3.31. The Morgan fingerprint density at radius 1 is 1.08 bits per heavy atom. The molecule has 6 nitrogen and oxygen atoms in total. The topological polar surface area (TPSA) is 67.2 Å². The summed E-state index contributed by atoms with van der Waals surface area (Å²) in [6.45, 7) is 2.48. The molecule has 2 heterocycles. The van der Waals surface area contributed by atoms with Crippen LogP contribution in [-0.4, -0.2) is 34.8 Å². The standard InChI is InChI=1S/C20H30N4O2/c25-19(11-15-3-1-2-4-15)22-17-7-9-23(10-8-17)18-12-20(26)24(21-13-18)14-16-5-6-16/h12-13,15-17H,1-11,14H2,(H,22,25). The molecular formula is C20H30N4O2. The summed E-state index contributed by atoms with van der Waals surface area (Å²) in [5.74, 6) is 1.47. The number of rotatable bonds is 6. The van der Waals surface area contributed by atoms with Gasteiger partial charge in [0.25, 0.3) is 5.56 Å². The number of nitrogens with zero attached hydrogens (tertiary/aromatic N) is 3. The van der Waals surface area contributed by atoms with E-state index in [1.165, 1.54) is 38.5 Å². The fraction of sp³-hybridized carbons (Fsp3) is 0.750. The third-order valence-electron chi connectivity index (χ3n) is 6.16. The van der Waals surface area contributed by atoms with Crippen molar-refractivity contribution in [3.05, 3.63) is 22.6 Å². The van der Waals surface area contributed by atoms with Gasteiger partial charge in [0, 0.05) is 38.2 Å². The number of aromatic nitrogens is 2. The fourth-order valence-electron chi connectivity index (χ4n) is 4.32. The van der Waals surface area contributed by atoms with E-state index in [0.717, 1.165) is 38.2 Å². The molecule has 3 fully saturated rings.